The Labute approximate surface area is 202 Å². The minimum atomic E-state index is -0.634. The van der Waals surface area contributed by atoms with Crippen LogP contribution in [-0.2, 0) is 13.0 Å². The van der Waals surface area contributed by atoms with Crippen LogP contribution in [0.1, 0.15) is 54.2 Å². The second kappa shape index (κ2) is 11.7. The second-order valence-electron chi connectivity index (χ2n) is 9.63. The van der Waals surface area contributed by atoms with E-state index in [2.05, 4.69) is 68.6 Å². The van der Waals surface area contributed by atoms with Gasteiger partial charge in [-0.25, -0.2) is 9.97 Å². The van der Waals surface area contributed by atoms with Crippen molar-refractivity contribution in [2.45, 2.75) is 63.8 Å². The molecule has 0 bridgehead atoms. The Kier molecular flexibility index (Phi) is 8.48. The number of amides is 1. The maximum absolute atomic E-state index is 12.6. The highest BCUT2D eigenvalue weighted by Crippen LogP contribution is 2.24. The molecule has 3 N–H and O–H groups in total. The van der Waals surface area contributed by atoms with E-state index >= 15 is 0 Å². The minimum absolute atomic E-state index is 0.193. The fourth-order valence-electron chi connectivity index (χ4n) is 5.06. The molecule has 8 nitrogen and oxygen atoms in total. The minimum Gasteiger partial charge on any atom is -0.390 e. The fourth-order valence-corrected chi connectivity index (χ4v) is 5.06. The molecular weight excluding hydrogens is 428 g/mol. The highest BCUT2D eigenvalue weighted by molar-refractivity contribution is 5.92. The van der Waals surface area contributed by atoms with E-state index in [4.69, 9.17) is 0 Å². The van der Waals surface area contributed by atoms with Crippen LogP contribution in [0, 0.1) is 0 Å². The van der Waals surface area contributed by atoms with Crippen LogP contribution in [0.5, 0.6) is 0 Å². The molecule has 2 heterocycles. The number of fused-ring (bicyclic) bond motifs is 1. The second-order valence-corrected chi connectivity index (χ2v) is 9.63. The van der Waals surface area contributed by atoms with E-state index in [1.165, 1.54) is 30.3 Å². The first-order valence-electron chi connectivity index (χ1n) is 12.6. The first kappa shape index (κ1) is 24.6. The molecule has 0 spiro atoms. The number of rotatable bonds is 9. The van der Waals surface area contributed by atoms with Crippen LogP contribution < -0.4 is 10.6 Å². The molecule has 1 aliphatic heterocycles. The van der Waals surface area contributed by atoms with Crippen LogP contribution in [-0.4, -0.2) is 82.2 Å². The summed E-state index contributed by atoms with van der Waals surface area (Å²) >= 11 is 0. The third-order valence-electron chi connectivity index (χ3n) is 7.25. The number of benzene rings is 1. The van der Waals surface area contributed by atoms with Gasteiger partial charge in [-0.15, -0.1) is 0 Å². The van der Waals surface area contributed by atoms with Crippen LogP contribution in [0.3, 0.4) is 0 Å². The number of nitrogens with zero attached hydrogens (tertiary/aromatic N) is 4. The Morgan fingerprint density at radius 3 is 2.74 bits per heavy atom. The number of aliphatic hydroxyl groups is 1. The summed E-state index contributed by atoms with van der Waals surface area (Å²) in [5.41, 5.74) is 3.02. The Hall–Kier alpha value is -2.55. The summed E-state index contributed by atoms with van der Waals surface area (Å²) in [5, 5.41) is 16.8. The number of carbonyl (C=O) groups is 1. The molecule has 2 aliphatic rings. The molecule has 1 atom stereocenters. The van der Waals surface area contributed by atoms with Gasteiger partial charge in [-0.05, 0) is 56.8 Å². The van der Waals surface area contributed by atoms with Crippen molar-refractivity contribution >= 4 is 11.7 Å². The van der Waals surface area contributed by atoms with E-state index in [0.717, 1.165) is 38.9 Å². The van der Waals surface area contributed by atoms with E-state index in [0.29, 0.717) is 30.1 Å². The fraction of sp³-hybridized carbons (Fsp3) is 0.577. The zero-order valence-electron chi connectivity index (χ0n) is 20.4. The van der Waals surface area contributed by atoms with E-state index in [1.807, 2.05) is 0 Å². The Morgan fingerprint density at radius 1 is 1.21 bits per heavy atom. The summed E-state index contributed by atoms with van der Waals surface area (Å²) in [7, 11) is 2.19. The number of nitrogens with one attached hydrogen (secondary N) is 2. The van der Waals surface area contributed by atoms with Crippen molar-refractivity contribution in [3.63, 3.8) is 0 Å². The van der Waals surface area contributed by atoms with Crippen molar-refractivity contribution in [1.82, 2.24) is 25.1 Å². The molecule has 4 rings (SSSR count). The summed E-state index contributed by atoms with van der Waals surface area (Å²) in [4.78, 5) is 25.7. The zero-order valence-corrected chi connectivity index (χ0v) is 20.4. The number of aliphatic hydroxyl groups excluding tert-OH is 1. The summed E-state index contributed by atoms with van der Waals surface area (Å²) in [6, 6.07) is 11.2. The Morgan fingerprint density at radius 2 is 1.97 bits per heavy atom. The first-order chi connectivity index (χ1) is 16.5. The lowest BCUT2D eigenvalue weighted by Crippen LogP contribution is -2.42. The number of aromatic nitrogens is 2. The third kappa shape index (κ3) is 6.52. The van der Waals surface area contributed by atoms with E-state index < -0.39 is 6.10 Å². The number of hydrogen-bond donors (Lipinski definition) is 3. The summed E-state index contributed by atoms with van der Waals surface area (Å²) < 4.78 is 0. The predicted molar refractivity (Wildman–Crippen MR) is 134 cm³/mol. The molecule has 1 aromatic heterocycles. The van der Waals surface area contributed by atoms with E-state index in [1.54, 1.807) is 6.07 Å². The van der Waals surface area contributed by atoms with Gasteiger partial charge >= 0.3 is 0 Å². The molecule has 184 valence electrons. The maximum atomic E-state index is 12.6. The average Bonchev–Trinajstić information content (AvgIpc) is 2.87. The lowest BCUT2D eigenvalue weighted by Gasteiger charge is -2.34. The summed E-state index contributed by atoms with van der Waals surface area (Å²) in [5.74, 6) is 0.391. The monoisotopic (exact) mass is 466 g/mol. The summed E-state index contributed by atoms with van der Waals surface area (Å²) in [6.07, 6.45) is 6.30. The van der Waals surface area contributed by atoms with E-state index in [9.17, 15) is 9.90 Å². The van der Waals surface area contributed by atoms with Gasteiger partial charge in [-0.1, -0.05) is 31.2 Å². The quantitative estimate of drug-likeness (QED) is 0.522. The standard InChI is InChI=1S/C26H38N6O2/c1-3-31(2)22-10-8-21(9-11-22)30-25-14-24(28-18-29-25)26(34)27-15-23(33)17-32-13-12-19-6-4-5-7-20(19)16-32/h4-7,14,18,21-23,33H,3,8-13,15-17H2,1-2H3,(H,27,34)(H,28,29,30)/t21-,22+,23-/m0/s1. The molecule has 1 aliphatic carbocycles. The molecule has 1 saturated carbocycles. The van der Waals surface area contributed by atoms with Crippen molar-refractivity contribution < 1.29 is 9.90 Å². The number of β-amino-alcohol motifs (C(OH)–C–C–N with tert-alkyl or cyclic N) is 1. The first-order valence-corrected chi connectivity index (χ1v) is 12.6. The van der Waals surface area contributed by atoms with Gasteiger partial charge in [0.05, 0.1) is 6.10 Å². The molecule has 0 radical (unpaired) electrons. The van der Waals surface area contributed by atoms with Gasteiger partial charge in [0.2, 0.25) is 0 Å². The van der Waals surface area contributed by atoms with Crippen molar-refractivity contribution in [3.05, 3.63) is 53.5 Å². The third-order valence-corrected chi connectivity index (χ3v) is 7.25. The molecule has 1 amide bonds. The maximum Gasteiger partial charge on any atom is 0.270 e. The van der Waals surface area contributed by atoms with Gasteiger partial charge in [-0.3, -0.25) is 9.69 Å². The normalized spacial score (nSPS) is 21.6. The van der Waals surface area contributed by atoms with Gasteiger partial charge in [0.15, 0.2) is 0 Å². The highest BCUT2D eigenvalue weighted by Gasteiger charge is 2.24. The lowest BCUT2D eigenvalue weighted by atomic mass is 9.90. The topological polar surface area (TPSA) is 93.6 Å². The van der Waals surface area contributed by atoms with Crippen LogP contribution in [0.15, 0.2) is 36.7 Å². The van der Waals surface area contributed by atoms with Gasteiger partial charge < -0.3 is 20.6 Å². The Balaban J connectivity index is 1.22. The molecule has 0 unspecified atom stereocenters. The van der Waals surface area contributed by atoms with Crippen molar-refractivity contribution in [3.8, 4) is 0 Å². The van der Waals surface area contributed by atoms with Gasteiger partial charge in [0, 0.05) is 44.3 Å². The number of anilines is 1. The highest BCUT2D eigenvalue weighted by atomic mass is 16.3. The molecule has 2 aromatic rings. The lowest BCUT2D eigenvalue weighted by molar-refractivity contribution is 0.0838. The van der Waals surface area contributed by atoms with Crippen LogP contribution in [0.4, 0.5) is 5.82 Å². The van der Waals surface area contributed by atoms with Crippen LogP contribution >= 0.6 is 0 Å². The summed E-state index contributed by atoms with van der Waals surface area (Å²) in [6.45, 7) is 5.75. The smallest absolute Gasteiger partial charge is 0.270 e. The Bertz CT molecular complexity index is 946. The van der Waals surface area contributed by atoms with Gasteiger partial charge in [0.1, 0.15) is 17.8 Å². The largest absolute Gasteiger partial charge is 0.390 e. The predicted octanol–water partition coefficient (Wildman–Crippen LogP) is 2.30. The van der Waals surface area contributed by atoms with Crippen molar-refractivity contribution in [2.24, 2.45) is 0 Å². The molecular formula is C26H38N6O2. The van der Waals surface area contributed by atoms with Crippen LogP contribution in [0.2, 0.25) is 0 Å². The van der Waals surface area contributed by atoms with Gasteiger partial charge in [-0.2, -0.15) is 0 Å². The number of hydrogen-bond acceptors (Lipinski definition) is 7. The molecule has 34 heavy (non-hydrogen) atoms. The SMILES string of the molecule is CCN(C)[C@H]1CC[C@@H](Nc2cc(C(=O)NC[C@H](O)CN3CCc4ccccc4C3)ncn2)CC1. The zero-order chi connectivity index (χ0) is 23.9. The van der Waals surface area contributed by atoms with Crippen LogP contribution in [0.25, 0.3) is 0 Å². The number of carbonyl (C=O) groups excluding carboxylic acids is 1. The molecule has 0 saturated heterocycles. The van der Waals surface area contributed by atoms with Crippen molar-refractivity contribution in [2.75, 3.05) is 38.5 Å². The molecule has 1 fully saturated rings. The molecule has 8 heteroatoms. The average molecular weight is 467 g/mol. The van der Waals surface area contributed by atoms with Gasteiger partial charge in [0.25, 0.3) is 5.91 Å². The molecule has 1 aromatic carbocycles. The van der Waals surface area contributed by atoms with E-state index in [-0.39, 0.29) is 12.5 Å². The van der Waals surface area contributed by atoms with Crippen molar-refractivity contribution in [1.29, 1.82) is 0 Å².